The number of thioether (sulfide) groups is 1. The van der Waals surface area contributed by atoms with Crippen LogP contribution in [0.4, 0.5) is 13.2 Å². The molecule has 1 heterocycles. The Bertz CT molecular complexity index is 969. The van der Waals surface area contributed by atoms with Crippen LogP contribution in [0.1, 0.15) is 44.7 Å². The highest BCUT2D eigenvalue weighted by atomic mass is 32.2. The molecule has 0 aromatic heterocycles. The zero-order valence-electron chi connectivity index (χ0n) is 18.1. The van der Waals surface area contributed by atoms with E-state index in [1.54, 1.807) is 13.8 Å². The van der Waals surface area contributed by atoms with Gasteiger partial charge < -0.3 is 14.8 Å². The van der Waals surface area contributed by atoms with Gasteiger partial charge in [-0.25, -0.2) is 9.59 Å². The molecule has 0 amide bonds. The molecule has 2 rings (SSSR count). The summed E-state index contributed by atoms with van der Waals surface area (Å²) in [4.78, 5) is 37.3. The molecule has 0 radical (unpaired) electrons. The van der Waals surface area contributed by atoms with Crippen LogP contribution in [-0.2, 0) is 30.0 Å². The van der Waals surface area contributed by atoms with Crippen LogP contribution in [0.2, 0.25) is 0 Å². The number of ether oxygens (including phenoxy) is 2. The Labute approximate surface area is 188 Å². The first-order chi connectivity index (χ1) is 15.0. The summed E-state index contributed by atoms with van der Waals surface area (Å²) in [5.41, 5.74) is -1.11. The first kappa shape index (κ1) is 25.5. The van der Waals surface area contributed by atoms with Crippen LogP contribution in [0.15, 0.2) is 46.8 Å². The van der Waals surface area contributed by atoms with Gasteiger partial charge in [-0.05, 0) is 32.4 Å². The van der Waals surface area contributed by atoms with Crippen molar-refractivity contribution in [3.63, 3.8) is 0 Å². The van der Waals surface area contributed by atoms with Crippen LogP contribution < -0.4 is 5.32 Å². The van der Waals surface area contributed by atoms with E-state index in [-0.39, 0.29) is 52.2 Å². The van der Waals surface area contributed by atoms with Gasteiger partial charge in [0.15, 0.2) is 5.12 Å². The number of hydrogen-bond acceptors (Lipinski definition) is 7. The molecule has 10 heteroatoms. The molecule has 1 N–H and O–H groups in total. The summed E-state index contributed by atoms with van der Waals surface area (Å²) >= 11 is 0.878. The number of carbonyl (C=O) groups is 3. The second-order valence-electron chi connectivity index (χ2n) is 6.80. The van der Waals surface area contributed by atoms with Gasteiger partial charge in [0.2, 0.25) is 0 Å². The van der Waals surface area contributed by atoms with Crippen LogP contribution in [0.3, 0.4) is 0 Å². The van der Waals surface area contributed by atoms with Gasteiger partial charge in [-0.3, -0.25) is 4.79 Å². The number of alkyl halides is 3. The summed E-state index contributed by atoms with van der Waals surface area (Å²) in [5, 5.41) is 2.67. The molecule has 6 nitrogen and oxygen atoms in total. The molecule has 1 atom stereocenters. The molecule has 0 aliphatic carbocycles. The van der Waals surface area contributed by atoms with Crippen molar-refractivity contribution < 1.29 is 37.0 Å². The molecule has 1 aliphatic rings. The average Bonchev–Trinajstić information content (AvgIpc) is 2.71. The molecule has 0 bridgehead atoms. The number of halogens is 3. The summed E-state index contributed by atoms with van der Waals surface area (Å²) in [7, 11) is 0. The molecular formula is C22H24F3NO5S. The van der Waals surface area contributed by atoms with E-state index in [0.29, 0.717) is 0 Å². The lowest BCUT2D eigenvalue weighted by atomic mass is 9.78. The van der Waals surface area contributed by atoms with E-state index in [2.05, 4.69) is 5.32 Å². The van der Waals surface area contributed by atoms with Crippen molar-refractivity contribution in [3.8, 4) is 0 Å². The zero-order valence-corrected chi connectivity index (χ0v) is 18.9. The van der Waals surface area contributed by atoms with E-state index in [0.717, 1.165) is 17.8 Å². The van der Waals surface area contributed by atoms with Crippen molar-refractivity contribution in [1.29, 1.82) is 0 Å². The quantitative estimate of drug-likeness (QED) is 0.593. The third-order valence-corrected chi connectivity index (χ3v) is 5.47. The lowest BCUT2D eigenvalue weighted by Crippen LogP contribution is -2.35. The predicted octanol–water partition coefficient (Wildman–Crippen LogP) is 4.33. The van der Waals surface area contributed by atoms with Crippen LogP contribution in [0.5, 0.6) is 0 Å². The van der Waals surface area contributed by atoms with E-state index in [9.17, 15) is 27.6 Å². The van der Waals surface area contributed by atoms with E-state index in [4.69, 9.17) is 9.47 Å². The molecule has 0 fully saturated rings. The van der Waals surface area contributed by atoms with Crippen molar-refractivity contribution in [2.24, 2.45) is 0 Å². The minimum Gasteiger partial charge on any atom is -0.463 e. The van der Waals surface area contributed by atoms with Gasteiger partial charge >= 0.3 is 18.1 Å². The predicted molar refractivity (Wildman–Crippen MR) is 113 cm³/mol. The van der Waals surface area contributed by atoms with Gasteiger partial charge in [-0.15, -0.1) is 0 Å². The fourth-order valence-electron chi connectivity index (χ4n) is 3.43. The normalized spacial score (nSPS) is 16.5. The Balaban J connectivity index is 2.84. The smallest absolute Gasteiger partial charge is 0.416 e. The van der Waals surface area contributed by atoms with Crippen molar-refractivity contribution in [2.45, 2.75) is 39.8 Å². The largest absolute Gasteiger partial charge is 0.463 e. The lowest BCUT2D eigenvalue weighted by Gasteiger charge is -2.32. The number of esters is 2. The number of allylic oxidation sites excluding steroid dienone is 1. The van der Waals surface area contributed by atoms with Gasteiger partial charge in [-0.1, -0.05) is 30.0 Å². The van der Waals surface area contributed by atoms with Crippen LogP contribution in [0, 0.1) is 0 Å². The van der Waals surface area contributed by atoms with Gasteiger partial charge in [0, 0.05) is 24.1 Å². The van der Waals surface area contributed by atoms with Crippen molar-refractivity contribution in [1.82, 2.24) is 5.32 Å². The molecule has 0 saturated carbocycles. The monoisotopic (exact) mass is 471 g/mol. The van der Waals surface area contributed by atoms with E-state index >= 15 is 0 Å². The van der Waals surface area contributed by atoms with Gasteiger partial charge in [-0.2, -0.15) is 13.2 Å². The second kappa shape index (κ2) is 10.7. The second-order valence-corrected chi connectivity index (χ2v) is 7.95. The van der Waals surface area contributed by atoms with E-state index in [1.807, 2.05) is 0 Å². The minimum absolute atomic E-state index is 0.00521. The Morgan fingerprint density at radius 2 is 1.59 bits per heavy atom. The zero-order chi connectivity index (χ0) is 24.1. The van der Waals surface area contributed by atoms with E-state index < -0.39 is 29.6 Å². The van der Waals surface area contributed by atoms with Crippen molar-refractivity contribution >= 4 is 28.8 Å². The number of hydrogen-bond donors (Lipinski definition) is 1. The van der Waals surface area contributed by atoms with Crippen LogP contribution in [0.25, 0.3) is 0 Å². The Morgan fingerprint density at radius 3 is 2.12 bits per heavy atom. The number of nitrogens with one attached hydrogen (secondary N) is 1. The minimum atomic E-state index is -4.73. The summed E-state index contributed by atoms with van der Waals surface area (Å²) in [6.07, 6.45) is -4.73. The molecule has 0 spiro atoms. The number of rotatable bonds is 7. The first-order valence-electron chi connectivity index (χ1n) is 9.87. The van der Waals surface area contributed by atoms with Crippen molar-refractivity contribution in [2.75, 3.05) is 19.0 Å². The number of benzene rings is 1. The fourth-order valence-corrected chi connectivity index (χ4v) is 4.01. The number of dihydropyridines is 1. The molecular weight excluding hydrogens is 447 g/mol. The highest BCUT2D eigenvalue weighted by molar-refractivity contribution is 8.13. The topological polar surface area (TPSA) is 81.7 Å². The maximum absolute atomic E-state index is 13.9. The summed E-state index contributed by atoms with van der Waals surface area (Å²) < 4.78 is 51.9. The Kier molecular flexibility index (Phi) is 8.54. The molecule has 1 aromatic carbocycles. The standard InChI is InChI=1S/C22H24F3NO5S/c1-5-30-20(28)17-12(3)26-16(11-32-13(4)27)19(21(29)31-6-2)18(17)14-9-7-8-10-15(14)22(23,24)25/h7-10,18,26H,5-6,11H2,1-4H3. The van der Waals surface area contributed by atoms with E-state index in [1.165, 1.54) is 32.0 Å². The number of carbonyl (C=O) groups excluding carboxylic acids is 3. The van der Waals surface area contributed by atoms with Crippen LogP contribution in [-0.4, -0.2) is 36.0 Å². The molecule has 174 valence electrons. The van der Waals surface area contributed by atoms with Crippen LogP contribution >= 0.6 is 11.8 Å². The third-order valence-electron chi connectivity index (χ3n) is 4.63. The van der Waals surface area contributed by atoms with Crippen molar-refractivity contribution in [3.05, 3.63) is 57.9 Å². The summed E-state index contributed by atoms with van der Waals surface area (Å²) in [6.45, 7) is 5.94. The average molecular weight is 471 g/mol. The molecule has 0 saturated heterocycles. The van der Waals surface area contributed by atoms with Gasteiger partial charge in [0.25, 0.3) is 0 Å². The SMILES string of the molecule is CCOC(=O)C1=C(C)NC(CSC(C)=O)=C(C(=O)OCC)C1c1ccccc1C(F)(F)F. The molecule has 1 aromatic rings. The molecule has 32 heavy (non-hydrogen) atoms. The Hall–Kier alpha value is -2.75. The molecule has 1 aliphatic heterocycles. The van der Waals surface area contributed by atoms with Gasteiger partial charge in [0.1, 0.15) is 0 Å². The first-order valence-corrected chi connectivity index (χ1v) is 10.9. The third kappa shape index (κ3) is 5.73. The molecule has 1 unspecified atom stereocenters. The maximum Gasteiger partial charge on any atom is 0.416 e. The summed E-state index contributed by atoms with van der Waals surface area (Å²) in [6, 6.07) is 4.74. The fraction of sp³-hybridized carbons (Fsp3) is 0.409. The highest BCUT2D eigenvalue weighted by Crippen LogP contribution is 2.44. The summed E-state index contributed by atoms with van der Waals surface area (Å²) in [5.74, 6) is -3.13. The Morgan fingerprint density at radius 1 is 1.03 bits per heavy atom. The highest BCUT2D eigenvalue weighted by Gasteiger charge is 2.43. The maximum atomic E-state index is 13.9. The lowest BCUT2D eigenvalue weighted by molar-refractivity contribution is -0.142. The van der Waals surface area contributed by atoms with Gasteiger partial charge in [0.05, 0.1) is 35.8 Å².